The van der Waals surface area contributed by atoms with Crippen molar-refractivity contribution in [2.24, 2.45) is 0 Å². The van der Waals surface area contributed by atoms with E-state index in [9.17, 15) is 4.79 Å². The molecule has 0 spiro atoms. The maximum absolute atomic E-state index is 11.4. The van der Waals surface area contributed by atoms with Gasteiger partial charge in [0.05, 0.1) is 5.41 Å². The van der Waals surface area contributed by atoms with Crippen molar-refractivity contribution in [1.29, 1.82) is 0 Å². The maximum atomic E-state index is 11.4. The van der Waals surface area contributed by atoms with Gasteiger partial charge in [0.1, 0.15) is 0 Å². The Morgan fingerprint density at radius 1 is 1.50 bits per heavy atom. The van der Waals surface area contributed by atoms with Gasteiger partial charge in [-0.3, -0.25) is 4.79 Å². The Morgan fingerprint density at radius 3 is 2.92 bits per heavy atom. The molecule has 1 aliphatic heterocycles. The summed E-state index contributed by atoms with van der Waals surface area (Å²) >= 11 is 0. The lowest BCUT2D eigenvalue weighted by Gasteiger charge is -2.13. The first-order valence-electron chi connectivity index (χ1n) is 3.95. The molecule has 0 unspecified atom stereocenters. The minimum atomic E-state index is -0.420. The van der Waals surface area contributed by atoms with Crippen LogP contribution in [0.2, 0.25) is 0 Å². The van der Waals surface area contributed by atoms with Crippen LogP contribution < -0.4 is 5.32 Å². The summed E-state index contributed by atoms with van der Waals surface area (Å²) in [6.07, 6.45) is 0. The molecule has 12 heavy (non-hydrogen) atoms. The summed E-state index contributed by atoms with van der Waals surface area (Å²) in [6.45, 7) is 3.81. The molecule has 1 aromatic rings. The van der Waals surface area contributed by atoms with Crippen molar-refractivity contribution < 1.29 is 4.79 Å². The lowest BCUT2D eigenvalue weighted by molar-refractivity contribution is -0.119. The average molecular weight is 160 g/mol. The van der Waals surface area contributed by atoms with Crippen LogP contribution >= 0.6 is 0 Å². The van der Waals surface area contributed by atoms with Gasteiger partial charge in [0.25, 0.3) is 0 Å². The Labute approximate surface area is 71.6 Å². The molecule has 1 amide bonds. The fraction of sp³-hybridized carbons (Fsp3) is 0.300. The van der Waals surface area contributed by atoms with Crippen LogP contribution in [0.5, 0.6) is 0 Å². The van der Waals surface area contributed by atoms with Crippen molar-refractivity contribution in [3.63, 3.8) is 0 Å². The summed E-state index contributed by atoms with van der Waals surface area (Å²) in [5.74, 6) is 0.0555. The normalized spacial score (nSPS) is 18.7. The Hall–Kier alpha value is -1.31. The molecule has 0 saturated carbocycles. The number of carbonyl (C=O) groups excluding carboxylic acids is 1. The molecular weight excluding hydrogens is 150 g/mol. The second-order valence-electron chi connectivity index (χ2n) is 3.54. The van der Waals surface area contributed by atoms with E-state index in [1.54, 1.807) is 0 Å². The Morgan fingerprint density at radius 2 is 2.25 bits per heavy atom. The van der Waals surface area contributed by atoms with E-state index >= 15 is 0 Å². The molecule has 0 atom stereocenters. The van der Waals surface area contributed by atoms with Gasteiger partial charge in [-0.15, -0.1) is 0 Å². The first-order valence-corrected chi connectivity index (χ1v) is 3.95. The van der Waals surface area contributed by atoms with Crippen LogP contribution in [0.1, 0.15) is 19.4 Å². The number of hydrogen-bond donors (Lipinski definition) is 1. The molecule has 1 aromatic carbocycles. The number of anilines is 1. The largest absolute Gasteiger partial charge is 0.325 e. The quantitative estimate of drug-likeness (QED) is 0.615. The van der Waals surface area contributed by atoms with Crippen molar-refractivity contribution in [3.05, 3.63) is 29.8 Å². The van der Waals surface area contributed by atoms with Gasteiger partial charge in [0.15, 0.2) is 0 Å². The highest BCUT2D eigenvalue weighted by atomic mass is 16.2. The van der Waals surface area contributed by atoms with Gasteiger partial charge in [-0.2, -0.15) is 0 Å². The van der Waals surface area contributed by atoms with E-state index < -0.39 is 5.41 Å². The molecule has 0 bridgehead atoms. The van der Waals surface area contributed by atoms with Crippen LogP contribution in [0.3, 0.4) is 0 Å². The topological polar surface area (TPSA) is 29.1 Å². The monoisotopic (exact) mass is 160 g/mol. The highest BCUT2D eigenvalue weighted by Crippen LogP contribution is 2.36. The zero-order valence-electron chi connectivity index (χ0n) is 7.14. The predicted octanol–water partition coefficient (Wildman–Crippen LogP) is 1.72. The van der Waals surface area contributed by atoms with E-state index in [1.807, 2.05) is 32.0 Å². The highest BCUT2D eigenvalue weighted by Gasteiger charge is 2.37. The van der Waals surface area contributed by atoms with Gasteiger partial charge in [-0.05, 0) is 31.5 Å². The molecule has 0 fully saturated rings. The molecule has 1 radical (unpaired) electrons. The Bertz CT molecular complexity index is 341. The maximum Gasteiger partial charge on any atom is 0.234 e. The van der Waals surface area contributed by atoms with Gasteiger partial charge < -0.3 is 5.32 Å². The number of rotatable bonds is 0. The van der Waals surface area contributed by atoms with Crippen molar-refractivity contribution >= 4 is 11.6 Å². The minimum absolute atomic E-state index is 0.0555. The van der Waals surface area contributed by atoms with Crippen molar-refractivity contribution in [2.75, 3.05) is 5.32 Å². The number of nitrogens with one attached hydrogen (secondary N) is 1. The van der Waals surface area contributed by atoms with E-state index in [0.717, 1.165) is 11.3 Å². The van der Waals surface area contributed by atoms with Crippen LogP contribution in [0.25, 0.3) is 0 Å². The third kappa shape index (κ3) is 0.779. The number of carbonyl (C=O) groups is 1. The molecule has 0 aromatic heterocycles. The lowest BCUT2D eigenvalue weighted by Crippen LogP contribution is -2.26. The zero-order valence-corrected chi connectivity index (χ0v) is 7.14. The van der Waals surface area contributed by atoms with E-state index in [0.29, 0.717) is 0 Å². The molecule has 1 N–H and O–H groups in total. The first-order chi connectivity index (χ1) is 5.62. The van der Waals surface area contributed by atoms with Crippen molar-refractivity contribution in [3.8, 4) is 0 Å². The molecule has 1 heterocycles. The Balaban J connectivity index is 2.63. The number of amides is 1. The third-order valence-corrected chi connectivity index (χ3v) is 2.30. The van der Waals surface area contributed by atoms with E-state index in [4.69, 9.17) is 0 Å². The molecule has 0 saturated heterocycles. The molecule has 2 heteroatoms. The lowest BCUT2D eigenvalue weighted by atomic mass is 9.86. The number of benzene rings is 1. The van der Waals surface area contributed by atoms with Gasteiger partial charge in [0.2, 0.25) is 5.91 Å². The molecular formula is C10H10NO. The summed E-state index contributed by atoms with van der Waals surface area (Å²) in [7, 11) is 0. The average Bonchev–Trinajstić information content (AvgIpc) is 2.25. The van der Waals surface area contributed by atoms with E-state index in [2.05, 4.69) is 11.4 Å². The van der Waals surface area contributed by atoms with Crippen molar-refractivity contribution in [1.82, 2.24) is 0 Å². The van der Waals surface area contributed by atoms with Gasteiger partial charge in [0, 0.05) is 5.69 Å². The summed E-state index contributed by atoms with van der Waals surface area (Å²) in [5.41, 5.74) is 1.44. The number of fused-ring (bicyclic) bond motifs is 1. The van der Waals surface area contributed by atoms with Gasteiger partial charge in [-0.1, -0.05) is 12.1 Å². The highest BCUT2D eigenvalue weighted by molar-refractivity contribution is 6.05. The fourth-order valence-electron chi connectivity index (χ4n) is 1.45. The summed E-state index contributed by atoms with van der Waals surface area (Å²) in [5, 5.41) is 2.82. The van der Waals surface area contributed by atoms with Crippen LogP contribution in [0.4, 0.5) is 5.69 Å². The van der Waals surface area contributed by atoms with Crippen LogP contribution in [-0.2, 0) is 10.2 Å². The third-order valence-electron chi connectivity index (χ3n) is 2.30. The molecule has 1 aliphatic rings. The minimum Gasteiger partial charge on any atom is -0.325 e. The zero-order chi connectivity index (χ0) is 8.77. The second kappa shape index (κ2) is 2.09. The summed E-state index contributed by atoms with van der Waals surface area (Å²) in [6, 6.07) is 8.70. The van der Waals surface area contributed by atoms with Crippen LogP contribution in [0.15, 0.2) is 18.2 Å². The molecule has 2 nitrogen and oxygen atoms in total. The van der Waals surface area contributed by atoms with Gasteiger partial charge >= 0.3 is 0 Å². The SMILES string of the molecule is CC1(C)C(=O)Nc2ccc[c]c21. The standard InChI is InChI=1S/C10H10NO/c1-10(2)7-5-3-4-6-8(7)11-9(10)12/h3-4,6H,1-2H3,(H,11,12). The van der Waals surface area contributed by atoms with E-state index in [1.165, 1.54) is 0 Å². The predicted molar refractivity (Wildman–Crippen MR) is 46.9 cm³/mol. The fourth-order valence-corrected chi connectivity index (χ4v) is 1.45. The van der Waals surface area contributed by atoms with E-state index in [-0.39, 0.29) is 5.91 Å². The van der Waals surface area contributed by atoms with Gasteiger partial charge in [-0.25, -0.2) is 0 Å². The first kappa shape index (κ1) is 7.35. The van der Waals surface area contributed by atoms with Crippen LogP contribution in [-0.4, -0.2) is 5.91 Å². The second-order valence-corrected chi connectivity index (χ2v) is 3.54. The molecule has 2 rings (SSSR count). The summed E-state index contributed by atoms with van der Waals surface area (Å²) < 4.78 is 0. The Kier molecular flexibility index (Phi) is 1.28. The smallest absolute Gasteiger partial charge is 0.234 e. The number of hydrogen-bond acceptors (Lipinski definition) is 1. The molecule has 0 aliphatic carbocycles. The van der Waals surface area contributed by atoms with Crippen molar-refractivity contribution in [2.45, 2.75) is 19.3 Å². The summed E-state index contributed by atoms with van der Waals surface area (Å²) in [4.78, 5) is 11.4. The van der Waals surface area contributed by atoms with Crippen LogP contribution in [0, 0.1) is 6.07 Å². The molecule has 61 valence electrons.